The van der Waals surface area contributed by atoms with Gasteiger partial charge in [0.1, 0.15) is 0 Å². The molecule has 0 aliphatic carbocycles. The second-order valence-electron chi connectivity index (χ2n) is 4.89. The van der Waals surface area contributed by atoms with Gasteiger partial charge in [0, 0.05) is 12.1 Å². The van der Waals surface area contributed by atoms with E-state index in [1.807, 2.05) is 49.4 Å². The van der Waals surface area contributed by atoms with Crippen LogP contribution in [0.4, 0.5) is 0 Å². The normalized spacial score (nSPS) is 11.9. The first-order valence-electron chi connectivity index (χ1n) is 6.56. The Labute approximate surface area is 114 Å². The molecule has 2 heteroatoms. The highest BCUT2D eigenvalue weighted by molar-refractivity contribution is 5.94. The van der Waals surface area contributed by atoms with E-state index in [9.17, 15) is 4.79 Å². The number of carbonyl (C=O) groups excluding carboxylic acids is 1. The molecule has 0 aromatic heterocycles. The van der Waals surface area contributed by atoms with E-state index in [0.29, 0.717) is 18.0 Å². The van der Waals surface area contributed by atoms with E-state index in [1.165, 1.54) is 5.56 Å². The van der Waals surface area contributed by atoms with Crippen LogP contribution in [-0.2, 0) is 0 Å². The van der Waals surface area contributed by atoms with Crippen molar-refractivity contribution in [3.63, 3.8) is 0 Å². The Morgan fingerprint density at radius 1 is 1.05 bits per heavy atom. The molecule has 2 aromatic carbocycles. The fraction of sp³-hybridized carbons (Fsp3) is 0.235. The van der Waals surface area contributed by atoms with Gasteiger partial charge < -0.3 is 5.32 Å². The minimum absolute atomic E-state index is 0.0113. The van der Waals surface area contributed by atoms with E-state index in [4.69, 9.17) is 0 Å². The maximum absolute atomic E-state index is 12.0. The molecule has 0 fully saturated rings. The van der Waals surface area contributed by atoms with Crippen LogP contribution >= 0.6 is 0 Å². The van der Waals surface area contributed by atoms with Crippen molar-refractivity contribution in [3.05, 3.63) is 71.3 Å². The van der Waals surface area contributed by atoms with Crippen LogP contribution < -0.4 is 5.32 Å². The van der Waals surface area contributed by atoms with Crippen molar-refractivity contribution in [2.45, 2.75) is 19.8 Å². The molecule has 0 heterocycles. The van der Waals surface area contributed by atoms with Crippen LogP contribution in [0.3, 0.4) is 0 Å². The zero-order chi connectivity index (χ0) is 13.7. The summed E-state index contributed by atoms with van der Waals surface area (Å²) in [5.74, 6) is 0.304. The van der Waals surface area contributed by atoms with E-state index >= 15 is 0 Å². The molecular formula is C17H19NO. The van der Waals surface area contributed by atoms with Gasteiger partial charge in [0.25, 0.3) is 5.91 Å². The molecular weight excluding hydrogens is 234 g/mol. The molecule has 19 heavy (non-hydrogen) atoms. The third-order valence-corrected chi connectivity index (χ3v) is 3.25. The predicted molar refractivity (Wildman–Crippen MR) is 78.4 cm³/mol. The number of hydrogen-bond acceptors (Lipinski definition) is 1. The number of amides is 1. The van der Waals surface area contributed by atoms with Gasteiger partial charge in [-0.05, 0) is 30.5 Å². The predicted octanol–water partition coefficient (Wildman–Crippen LogP) is 3.53. The van der Waals surface area contributed by atoms with Gasteiger partial charge in [0.2, 0.25) is 0 Å². The summed E-state index contributed by atoms with van der Waals surface area (Å²) in [7, 11) is 0. The molecule has 0 radical (unpaired) electrons. The van der Waals surface area contributed by atoms with Gasteiger partial charge in [0.15, 0.2) is 0 Å². The minimum atomic E-state index is -0.0113. The summed E-state index contributed by atoms with van der Waals surface area (Å²) in [6.45, 7) is 4.78. The van der Waals surface area contributed by atoms with Gasteiger partial charge in [0.05, 0.1) is 0 Å². The van der Waals surface area contributed by atoms with Gasteiger partial charge in [-0.3, -0.25) is 4.79 Å². The molecule has 0 bridgehead atoms. The molecule has 2 rings (SSSR count). The topological polar surface area (TPSA) is 29.1 Å². The monoisotopic (exact) mass is 253 g/mol. The lowest BCUT2D eigenvalue weighted by atomic mass is 10.0. The Balaban J connectivity index is 1.92. The third-order valence-electron chi connectivity index (χ3n) is 3.25. The lowest BCUT2D eigenvalue weighted by Crippen LogP contribution is -2.27. The highest BCUT2D eigenvalue weighted by Crippen LogP contribution is 2.13. The van der Waals surface area contributed by atoms with E-state index in [2.05, 4.69) is 24.4 Å². The Hall–Kier alpha value is -2.09. The first-order chi connectivity index (χ1) is 9.16. The molecule has 1 N–H and O–H groups in total. The number of carbonyl (C=O) groups is 1. The molecule has 0 aliphatic heterocycles. The molecule has 0 spiro atoms. The Kier molecular flexibility index (Phi) is 4.35. The molecule has 98 valence electrons. The zero-order valence-electron chi connectivity index (χ0n) is 11.4. The summed E-state index contributed by atoms with van der Waals surface area (Å²) >= 11 is 0. The van der Waals surface area contributed by atoms with Crippen LogP contribution in [0.1, 0.15) is 34.3 Å². The maximum Gasteiger partial charge on any atom is 0.251 e. The van der Waals surface area contributed by atoms with Gasteiger partial charge in [-0.25, -0.2) is 0 Å². The summed E-state index contributed by atoms with van der Waals surface area (Å²) in [4.78, 5) is 12.0. The molecule has 2 nitrogen and oxygen atoms in total. The SMILES string of the molecule is Cc1ccc(C(=O)NC[C@@H](C)c2ccccc2)cc1. The van der Waals surface area contributed by atoms with E-state index in [1.54, 1.807) is 0 Å². The van der Waals surface area contributed by atoms with E-state index in [-0.39, 0.29) is 5.91 Å². The van der Waals surface area contributed by atoms with Crippen molar-refractivity contribution in [1.29, 1.82) is 0 Å². The highest BCUT2D eigenvalue weighted by Gasteiger charge is 2.08. The van der Waals surface area contributed by atoms with Gasteiger partial charge in [-0.15, -0.1) is 0 Å². The van der Waals surface area contributed by atoms with Crippen molar-refractivity contribution in [1.82, 2.24) is 5.32 Å². The van der Waals surface area contributed by atoms with Crippen molar-refractivity contribution < 1.29 is 4.79 Å². The fourth-order valence-electron chi connectivity index (χ4n) is 1.95. The number of hydrogen-bond donors (Lipinski definition) is 1. The fourth-order valence-corrected chi connectivity index (χ4v) is 1.95. The number of nitrogens with one attached hydrogen (secondary N) is 1. The van der Waals surface area contributed by atoms with E-state index < -0.39 is 0 Å². The smallest absolute Gasteiger partial charge is 0.251 e. The first kappa shape index (κ1) is 13.3. The Morgan fingerprint density at radius 2 is 1.68 bits per heavy atom. The van der Waals surface area contributed by atoms with Crippen molar-refractivity contribution in [2.75, 3.05) is 6.54 Å². The van der Waals surface area contributed by atoms with Crippen molar-refractivity contribution in [2.24, 2.45) is 0 Å². The van der Waals surface area contributed by atoms with Gasteiger partial charge >= 0.3 is 0 Å². The number of rotatable bonds is 4. The summed E-state index contributed by atoms with van der Waals surface area (Å²) in [5.41, 5.74) is 3.12. The van der Waals surface area contributed by atoms with Gasteiger partial charge in [-0.1, -0.05) is 55.0 Å². The van der Waals surface area contributed by atoms with Crippen LogP contribution in [0.2, 0.25) is 0 Å². The second-order valence-corrected chi connectivity index (χ2v) is 4.89. The molecule has 2 aromatic rings. The Bertz CT molecular complexity index is 531. The number of benzene rings is 2. The second kappa shape index (κ2) is 6.19. The summed E-state index contributed by atoms with van der Waals surface area (Å²) < 4.78 is 0. The Morgan fingerprint density at radius 3 is 2.32 bits per heavy atom. The van der Waals surface area contributed by atoms with Crippen LogP contribution in [-0.4, -0.2) is 12.5 Å². The summed E-state index contributed by atoms with van der Waals surface area (Å²) in [6, 6.07) is 17.8. The van der Waals surface area contributed by atoms with Crippen LogP contribution in [0, 0.1) is 6.92 Å². The molecule has 0 saturated heterocycles. The largest absolute Gasteiger partial charge is 0.351 e. The summed E-state index contributed by atoms with van der Waals surface area (Å²) in [5, 5.41) is 2.98. The lowest BCUT2D eigenvalue weighted by Gasteiger charge is -2.13. The lowest BCUT2D eigenvalue weighted by molar-refractivity contribution is 0.0951. The molecule has 0 unspecified atom stereocenters. The summed E-state index contributed by atoms with van der Waals surface area (Å²) in [6.07, 6.45) is 0. The maximum atomic E-state index is 12.0. The molecule has 0 aliphatic rings. The third kappa shape index (κ3) is 3.68. The average Bonchev–Trinajstić information content (AvgIpc) is 2.46. The quantitative estimate of drug-likeness (QED) is 0.887. The zero-order valence-corrected chi connectivity index (χ0v) is 11.4. The first-order valence-corrected chi connectivity index (χ1v) is 6.56. The molecule has 0 saturated carbocycles. The van der Waals surface area contributed by atoms with Crippen LogP contribution in [0.5, 0.6) is 0 Å². The average molecular weight is 253 g/mol. The number of aryl methyl sites for hydroxylation is 1. The highest BCUT2D eigenvalue weighted by atomic mass is 16.1. The van der Waals surface area contributed by atoms with Crippen LogP contribution in [0.15, 0.2) is 54.6 Å². The van der Waals surface area contributed by atoms with Crippen molar-refractivity contribution >= 4 is 5.91 Å². The molecule has 1 atom stereocenters. The standard InChI is InChI=1S/C17H19NO/c1-13-8-10-16(11-9-13)17(19)18-12-14(2)15-6-4-3-5-7-15/h3-11,14H,12H2,1-2H3,(H,18,19)/t14-/m1/s1. The molecule has 1 amide bonds. The van der Waals surface area contributed by atoms with Gasteiger partial charge in [-0.2, -0.15) is 0 Å². The van der Waals surface area contributed by atoms with Crippen LogP contribution in [0.25, 0.3) is 0 Å². The minimum Gasteiger partial charge on any atom is -0.351 e. The van der Waals surface area contributed by atoms with Crippen molar-refractivity contribution in [3.8, 4) is 0 Å². The van der Waals surface area contributed by atoms with E-state index in [0.717, 1.165) is 5.56 Å².